The summed E-state index contributed by atoms with van der Waals surface area (Å²) in [6.45, 7) is 9.86. The molecule has 0 aromatic heterocycles. The van der Waals surface area contributed by atoms with E-state index in [4.69, 9.17) is 0 Å². The second-order valence-corrected chi connectivity index (χ2v) is 14.1. The molecule has 0 N–H and O–H groups in total. The Hall–Kier alpha value is 0.471. The van der Waals surface area contributed by atoms with Gasteiger partial charge in [0, 0.05) is 0 Å². The van der Waals surface area contributed by atoms with Crippen molar-refractivity contribution < 1.29 is 44.0 Å². The zero-order valence-corrected chi connectivity index (χ0v) is 16.8. The van der Waals surface area contributed by atoms with Crippen LogP contribution in [-0.2, 0) is 19.2 Å². The molecule has 3 rings (SSSR count). The summed E-state index contributed by atoms with van der Waals surface area (Å²) in [5.41, 5.74) is 6.81. The van der Waals surface area contributed by atoms with Gasteiger partial charge in [0.1, 0.15) is 0 Å². The van der Waals surface area contributed by atoms with Gasteiger partial charge in [0.15, 0.2) is 0 Å². The maximum Gasteiger partial charge on any atom is -1.00 e. The van der Waals surface area contributed by atoms with Gasteiger partial charge in [-0.1, -0.05) is 0 Å². The molecule has 0 bridgehead atoms. The minimum Gasteiger partial charge on any atom is -1.00 e. The van der Waals surface area contributed by atoms with E-state index in [1.54, 1.807) is 22.3 Å². The molecule has 1 aliphatic heterocycles. The van der Waals surface area contributed by atoms with Crippen LogP contribution in [0.15, 0.2) is 42.2 Å². The number of hydrogen-bond acceptors (Lipinski definition) is 0. The molecule has 0 radical (unpaired) electrons. The van der Waals surface area contributed by atoms with Crippen LogP contribution in [-0.4, -0.2) is 8.07 Å². The van der Waals surface area contributed by atoms with Crippen LogP contribution in [0.25, 0.3) is 0 Å². The van der Waals surface area contributed by atoms with Gasteiger partial charge in [0.05, 0.1) is 0 Å². The zero-order chi connectivity index (χ0) is 12.9. The van der Waals surface area contributed by atoms with Crippen molar-refractivity contribution in [2.24, 2.45) is 0 Å². The molecule has 1 heterocycles. The average molecular weight is 361 g/mol. The Morgan fingerprint density at radius 3 is 1.65 bits per heavy atom. The fourth-order valence-electron chi connectivity index (χ4n) is 3.43. The predicted molar refractivity (Wildman–Crippen MR) is 77.9 cm³/mol. The molecule has 0 fully saturated rings. The smallest absolute Gasteiger partial charge is 1.00 e. The van der Waals surface area contributed by atoms with E-state index in [-0.39, 0.29) is 44.0 Å². The Morgan fingerprint density at radius 2 is 1.25 bits per heavy atom. The van der Waals surface area contributed by atoms with Crippen molar-refractivity contribution in [2.45, 2.75) is 51.9 Å². The molecule has 0 spiro atoms. The van der Waals surface area contributed by atoms with E-state index in [0.717, 1.165) is 0 Å². The van der Waals surface area contributed by atoms with E-state index >= 15 is 0 Å². The Labute approximate surface area is 145 Å². The first-order valence-corrected chi connectivity index (χ1v) is 12.0. The third-order valence-electron chi connectivity index (χ3n) is 4.52. The minimum absolute atomic E-state index is 0. The van der Waals surface area contributed by atoms with Crippen molar-refractivity contribution >= 4 is 8.07 Å². The molecule has 0 unspecified atom stereocenters. The molecule has 0 aromatic carbocycles. The molecule has 20 heavy (non-hydrogen) atoms. The third-order valence-corrected chi connectivity index (χ3v) is 9.66. The topological polar surface area (TPSA) is 0 Å². The Bertz CT molecular complexity index is 493. The molecule has 2 aliphatic carbocycles. The van der Waals surface area contributed by atoms with Crippen LogP contribution in [0.3, 0.4) is 0 Å². The van der Waals surface area contributed by atoms with Gasteiger partial charge in [-0.05, 0) is 0 Å². The molecule has 0 aromatic rings. The van der Waals surface area contributed by atoms with Gasteiger partial charge in [-0.15, -0.1) is 0 Å². The van der Waals surface area contributed by atoms with Crippen molar-refractivity contribution in [1.29, 1.82) is 0 Å². The van der Waals surface area contributed by atoms with E-state index in [1.807, 2.05) is 7.76 Å². The number of halogens is 2. The van der Waals surface area contributed by atoms with Crippen LogP contribution >= 0.6 is 0 Å². The molecule has 0 amide bonds. The molecular weight excluding hydrogens is 339 g/mol. The second kappa shape index (κ2) is 6.71. The van der Waals surface area contributed by atoms with Crippen LogP contribution in [0.5, 0.6) is 0 Å². The van der Waals surface area contributed by atoms with Crippen molar-refractivity contribution in [3.63, 3.8) is 0 Å². The molecule has 0 saturated heterocycles. The van der Waals surface area contributed by atoms with Gasteiger partial charge >= 0.3 is 121 Å². The summed E-state index contributed by atoms with van der Waals surface area (Å²) < 4.78 is 3.73. The molecule has 0 atom stereocenters. The Morgan fingerprint density at radius 1 is 0.850 bits per heavy atom. The zero-order valence-electron chi connectivity index (χ0n) is 12.7. The van der Waals surface area contributed by atoms with E-state index in [2.05, 4.69) is 39.1 Å². The van der Waals surface area contributed by atoms with Gasteiger partial charge in [-0.2, -0.15) is 0 Å². The van der Waals surface area contributed by atoms with Crippen molar-refractivity contribution in [3.8, 4) is 0 Å². The third kappa shape index (κ3) is 3.44. The van der Waals surface area contributed by atoms with E-state index in [9.17, 15) is 0 Å². The van der Waals surface area contributed by atoms with E-state index < -0.39 is 8.07 Å². The summed E-state index contributed by atoms with van der Waals surface area (Å²) in [6.07, 6.45) is 7.53. The SMILES string of the molecule is CC1=CC[C]2=C1C[Si](C)(C)CC1=[C](CC=C1C)[Ti+2]2.[Cl-].[Cl-]. The van der Waals surface area contributed by atoms with Crippen LogP contribution in [0, 0.1) is 0 Å². The first-order valence-electron chi connectivity index (χ1n) is 7.02. The summed E-state index contributed by atoms with van der Waals surface area (Å²) in [5.74, 6) is 0. The second-order valence-electron chi connectivity index (χ2n) is 6.74. The summed E-state index contributed by atoms with van der Waals surface area (Å²) in [6, 6.07) is 2.86. The van der Waals surface area contributed by atoms with Gasteiger partial charge in [-0.3, -0.25) is 0 Å². The molecular formula is C16H22Cl2SiTi. The number of hydrogen-bond donors (Lipinski definition) is 0. The maximum absolute atomic E-state index is 2.59. The summed E-state index contributed by atoms with van der Waals surface area (Å²) >= 11 is 0.0132. The molecule has 0 saturated carbocycles. The average Bonchev–Trinajstić information content (AvgIpc) is 2.76. The van der Waals surface area contributed by atoms with Crippen molar-refractivity contribution in [1.82, 2.24) is 0 Å². The molecule has 4 heteroatoms. The van der Waals surface area contributed by atoms with E-state index in [1.165, 1.54) is 24.9 Å². The van der Waals surface area contributed by atoms with Crippen molar-refractivity contribution in [2.75, 3.05) is 0 Å². The standard InChI is InChI=1S/C16H22Si.2ClH.Ti/c1-13-7-5-9-15(13)11-17(3,4)12-16-10-6-8-14(16)2;;;/h7-8H,5-6,11-12H2,1-4H3;2*1H;/q;;;+2/p-2. The van der Waals surface area contributed by atoms with Crippen LogP contribution < -0.4 is 24.8 Å². The quantitative estimate of drug-likeness (QED) is 0.486. The fourth-order valence-corrected chi connectivity index (χ4v) is 9.57. The van der Waals surface area contributed by atoms with Crippen LogP contribution in [0.4, 0.5) is 0 Å². The Kier molecular flexibility index (Phi) is 6.21. The summed E-state index contributed by atoms with van der Waals surface area (Å²) in [7, 11) is -1.11. The predicted octanol–water partition coefficient (Wildman–Crippen LogP) is -0.993. The normalized spacial score (nSPS) is 23.0. The number of rotatable bonds is 0. The molecule has 3 aliphatic rings. The van der Waals surface area contributed by atoms with Crippen LogP contribution in [0.2, 0.25) is 25.2 Å². The maximum atomic E-state index is 2.59. The first-order chi connectivity index (χ1) is 8.46. The monoisotopic (exact) mass is 360 g/mol. The molecule has 0 nitrogen and oxygen atoms in total. The van der Waals surface area contributed by atoms with Gasteiger partial charge < -0.3 is 24.8 Å². The number of allylic oxidation sites excluding steroid dienone is 8. The Balaban J connectivity index is 0.000001000. The largest absolute Gasteiger partial charge is 1.00 e. The van der Waals surface area contributed by atoms with Gasteiger partial charge in [-0.25, -0.2) is 0 Å². The molecule has 108 valence electrons. The van der Waals surface area contributed by atoms with Crippen LogP contribution in [0.1, 0.15) is 26.7 Å². The summed E-state index contributed by atoms with van der Waals surface area (Å²) in [5, 5.41) is 0. The van der Waals surface area contributed by atoms with Gasteiger partial charge in [0.25, 0.3) is 0 Å². The van der Waals surface area contributed by atoms with Crippen molar-refractivity contribution in [3.05, 3.63) is 42.2 Å². The fraction of sp³-hybridized carbons (Fsp3) is 0.500. The van der Waals surface area contributed by atoms with E-state index in [0.29, 0.717) is 0 Å². The minimum atomic E-state index is -1.11. The first kappa shape index (κ1) is 18.5. The van der Waals surface area contributed by atoms with Gasteiger partial charge in [0.2, 0.25) is 0 Å². The summed E-state index contributed by atoms with van der Waals surface area (Å²) in [4.78, 5) is 0.